The van der Waals surface area contributed by atoms with E-state index in [9.17, 15) is 0 Å². The van der Waals surface area contributed by atoms with E-state index in [4.69, 9.17) is 0 Å². The van der Waals surface area contributed by atoms with Crippen LogP contribution in [0.3, 0.4) is 0 Å². The average molecular weight is 322 g/mol. The Bertz CT molecular complexity index is 405. The van der Waals surface area contributed by atoms with Gasteiger partial charge in [-0.2, -0.15) is 0 Å². The minimum Gasteiger partial charge on any atom is -0.314 e. The molecule has 2 aliphatic rings. The highest BCUT2D eigenvalue weighted by molar-refractivity contribution is 9.10. The van der Waals surface area contributed by atoms with Gasteiger partial charge in [-0.1, -0.05) is 59.8 Å². The van der Waals surface area contributed by atoms with Crippen LogP contribution in [0.2, 0.25) is 0 Å². The summed E-state index contributed by atoms with van der Waals surface area (Å²) in [5, 5.41) is 3.75. The maximum absolute atomic E-state index is 3.75. The quantitative estimate of drug-likeness (QED) is 0.816. The van der Waals surface area contributed by atoms with Gasteiger partial charge in [-0.05, 0) is 49.3 Å². The second-order valence-corrected chi connectivity index (χ2v) is 7.13. The summed E-state index contributed by atoms with van der Waals surface area (Å²) in [5.74, 6) is 1.78. The van der Waals surface area contributed by atoms with E-state index < -0.39 is 0 Å². The Balaban J connectivity index is 1.37. The molecule has 2 fully saturated rings. The van der Waals surface area contributed by atoms with Crippen molar-refractivity contribution < 1.29 is 0 Å². The highest BCUT2D eigenvalue weighted by Gasteiger charge is 2.30. The lowest BCUT2D eigenvalue weighted by Crippen LogP contribution is -2.40. The monoisotopic (exact) mass is 321 g/mol. The molecule has 0 amide bonds. The molecular formula is C17H24BrN. The van der Waals surface area contributed by atoms with Crippen molar-refractivity contribution >= 4 is 15.9 Å². The first-order valence-electron chi connectivity index (χ1n) is 7.80. The van der Waals surface area contributed by atoms with Crippen LogP contribution in [0.4, 0.5) is 0 Å². The second kappa shape index (κ2) is 6.41. The van der Waals surface area contributed by atoms with Crippen molar-refractivity contribution in [2.45, 2.75) is 56.9 Å². The van der Waals surface area contributed by atoms with E-state index in [1.165, 1.54) is 61.5 Å². The van der Waals surface area contributed by atoms with Crippen LogP contribution in [0, 0.1) is 5.92 Å². The lowest BCUT2D eigenvalue weighted by Gasteiger charge is -2.37. The summed E-state index contributed by atoms with van der Waals surface area (Å²) in [5.41, 5.74) is 1.50. The molecule has 2 heteroatoms. The average Bonchev–Trinajstić information content (AvgIpc) is 2.87. The molecule has 19 heavy (non-hydrogen) atoms. The number of nitrogens with one attached hydrogen (secondary N) is 1. The zero-order chi connectivity index (χ0) is 13.1. The van der Waals surface area contributed by atoms with Gasteiger partial charge in [-0.25, -0.2) is 0 Å². The highest BCUT2D eigenvalue weighted by atomic mass is 79.9. The standard InChI is InChI=1S/C17H24BrN/c18-17-8-4-3-7-16(17)14-11-15(12-14)19-10-9-13-5-1-2-6-13/h3-4,7-8,13-15,19H,1-2,5-6,9-12H2. The summed E-state index contributed by atoms with van der Waals surface area (Å²) in [6.45, 7) is 1.23. The molecule has 0 saturated heterocycles. The molecule has 3 rings (SSSR count). The largest absolute Gasteiger partial charge is 0.314 e. The summed E-state index contributed by atoms with van der Waals surface area (Å²) in [7, 11) is 0. The Labute approximate surface area is 125 Å². The molecule has 0 radical (unpaired) electrons. The highest BCUT2D eigenvalue weighted by Crippen LogP contribution is 2.40. The zero-order valence-electron chi connectivity index (χ0n) is 11.6. The lowest BCUT2D eigenvalue weighted by atomic mass is 9.76. The SMILES string of the molecule is Brc1ccccc1C1CC(NCCC2CCCC2)C1. The summed E-state index contributed by atoms with van der Waals surface area (Å²) >= 11 is 3.67. The molecule has 0 spiro atoms. The Morgan fingerprint density at radius 3 is 2.58 bits per heavy atom. The van der Waals surface area contributed by atoms with E-state index >= 15 is 0 Å². The van der Waals surface area contributed by atoms with Gasteiger partial charge in [-0.3, -0.25) is 0 Å². The molecule has 1 aromatic carbocycles. The van der Waals surface area contributed by atoms with E-state index in [1.54, 1.807) is 0 Å². The third-order valence-electron chi connectivity index (χ3n) is 4.94. The van der Waals surface area contributed by atoms with Gasteiger partial charge < -0.3 is 5.32 Å². The molecular weight excluding hydrogens is 298 g/mol. The van der Waals surface area contributed by atoms with Gasteiger partial charge in [0, 0.05) is 10.5 Å². The summed E-state index contributed by atoms with van der Waals surface area (Å²) in [4.78, 5) is 0. The molecule has 1 N–H and O–H groups in total. The fraction of sp³-hybridized carbons (Fsp3) is 0.647. The van der Waals surface area contributed by atoms with Crippen LogP contribution in [0.5, 0.6) is 0 Å². The number of rotatable bonds is 5. The van der Waals surface area contributed by atoms with E-state index in [2.05, 4.69) is 45.5 Å². The Kier molecular flexibility index (Phi) is 4.60. The van der Waals surface area contributed by atoms with E-state index in [-0.39, 0.29) is 0 Å². The van der Waals surface area contributed by atoms with Crippen LogP contribution < -0.4 is 5.32 Å². The van der Waals surface area contributed by atoms with Crippen molar-refractivity contribution in [3.05, 3.63) is 34.3 Å². The second-order valence-electron chi connectivity index (χ2n) is 6.28. The molecule has 0 heterocycles. The third-order valence-corrected chi connectivity index (χ3v) is 5.67. The first kappa shape index (κ1) is 13.6. The minimum atomic E-state index is 0.763. The zero-order valence-corrected chi connectivity index (χ0v) is 13.2. The smallest absolute Gasteiger partial charge is 0.0210 e. The molecule has 104 valence electrons. The summed E-state index contributed by atoms with van der Waals surface area (Å²) in [6.07, 6.45) is 9.92. The van der Waals surface area contributed by atoms with Crippen LogP contribution in [-0.4, -0.2) is 12.6 Å². The van der Waals surface area contributed by atoms with Crippen molar-refractivity contribution in [2.75, 3.05) is 6.54 Å². The molecule has 0 bridgehead atoms. The van der Waals surface area contributed by atoms with Gasteiger partial charge in [-0.15, -0.1) is 0 Å². The van der Waals surface area contributed by atoms with Crippen molar-refractivity contribution in [2.24, 2.45) is 5.92 Å². The van der Waals surface area contributed by atoms with E-state index in [0.717, 1.165) is 17.9 Å². The van der Waals surface area contributed by atoms with Crippen LogP contribution >= 0.6 is 15.9 Å². The predicted molar refractivity (Wildman–Crippen MR) is 84.5 cm³/mol. The molecule has 1 aromatic rings. The van der Waals surface area contributed by atoms with Crippen molar-refractivity contribution in [3.8, 4) is 0 Å². The summed E-state index contributed by atoms with van der Waals surface area (Å²) in [6, 6.07) is 9.45. The van der Waals surface area contributed by atoms with Crippen molar-refractivity contribution in [1.82, 2.24) is 5.32 Å². The summed E-state index contributed by atoms with van der Waals surface area (Å²) < 4.78 is 1.28. The van der Waals surface area contributed by atoms with Gasteiger partial charge in [0.25, 0.3) is 0 Å². The van der Waals surface area contributed by atoms with Crippen molar-refractivity contribution in [1.29, 1.82) is 0 Å². The van der Waals surface area contributed by atoms with Crippen LogP contribution in [0.1, 0.15) is 56.4 Å². The molecule has 2 aliphatic carbocycles. The fourth-order valence-corrected chi connectivity index (χ4v) is 4.24. The Hall–Kier alpha value is -0.340. The first-order valence-corrected chi connectivity index (χ1v) is 8.60. The maximum atomic E-state index is 3.75. The fourth-order valence-electron chi connectivity index (χ4n) is 3.64. The van der Waals surface area contributed by atoms with Gasteiger partial charge in [0.05, 0.1) is 0 Å². The predicted octanol–water partition coefficient (Wildman–Crippen LogP) is 4.87. The number of hydrogen-bond acceptors (Lipinski definition) is 1. The molecule has 1 nitrogen and oxygen atoms in total. The third kappa shape index (κ3) is 3.41. The van der Waals surface area contributed by atoms with Gasteiger partial charge in [0.1, 0.15) is 0 Å². The minimum absolute atomic E-state index is 0.763. The molecule has 0 atom stereocenters. The Morgan fingerprint density at radius 2 is 1.84 bits per heavy atom. The van der Waals surface area contributed by atoms with Crippen LogP contribution in [0.25, 0.3) is 0 Å². The van der Waals surface area contributed by atoms with Gasteiger partial charge in [0.15, 0.2) is 0 Å². The molecule has 2 saturated carbocycles. The normalized spacial score (nSPS) is 27.4. The maximum Gasteiger partial charge on any atom is 0.0210 e. The van der Waals surface area contributed by atoms with Crippen LogP contribution in [0.15, 0.2) is 28.7 Å². The number of halogens is 1. The van der Waals surface area contributed by atoms with Gasteiger partial charge in [0.2, 0.25) is 0 Å². The molecule has 0 aliphatic heterocycles. The van der Waals surface area contributed by atoms with Crippen LogP contribution in [-0.2, 0) is 0 Å². The van der Waals surface area contributed by atoms with Crippen molar-refractivity contribution in [3.63, 3.8) is 0 Å². The Morgan fingerprint density at radius 1 is 1.11 bits per heavy atom. The number of hydrogen-bond donors (Lipinski definition) is 1. The number of benzene rings is 1. The van der Waals surface area contributed by atoms with Gasteiger partial charge >= 0.3 is 0 Å². The first-order chi connectivity index (χ1) is 9.33. The van der Waals surface area contributed by atoms with E-state index in [0.29, 0.717) is 0 Å². The topological polar surface area (TPSA) is 12.0 Å². The lowest BCUT2D eigenvalue weighted by molar-refractivity contribution is 0.283. The molecule has 0 unspecified atom stereocenters. The van der Waals surface area contributed by atoms with E-state index in [1.807, 2.05) is 0 Å². The molecule has 0 aromatic heterocycles.